The molecule has 1 unspecified atom stereocenters. The molecule has 0 spiro atoms. The molecule has 1 aliphatic heterocycles. The number of nitrogens with zero attached hydrogens (tertiary/aromatic N) is 1. The van der Waals surface area contributed by atoms with Crippen molar-refractivity contribution in [3.05, 3.63) is 18.2 Å². The van der Waals surface area contributed by atoms with Gasteiger partial charge in [-0.2, -0.15) is 0 Å². The average molecular weight is 274 g/mol. The summed E-state index contributed by atoms with van der Waals surface area (Å²) >= 11 is 0. The van der Waals surface area contributed by atoms with Crippen molar-refractivity contribution in [2.75, 3.05) is 17.2 Å². The van der Waals surface area contributed by atoms with Crippen molar-refractivity contribution in [3.63, 3.8) is 0 Å². The van der Waals surface area contributed by atoms with Gasteiger partial charge in [0.1, 0.15) is 5.75 Å². The fraction of sp³-hybridized carbons (Fsp3) is 0.538. The van der Waals surface area contributed by atoms with Crippen molar-refractivity contribution in [1.82, 2.24) is 0 Å². The fourth-order valence-corrected chi connectivity index (χ4v) is 2.45. The van der Waals surface area contributed by atoms with Gasteiger partial charge >= 0.3 is 6.36 Å². The fourth-order valence-electron chi connectivity index (χ4n) is 2.45. The van der Waals surface area contributed by atoms with Gasteiger partial charge in [0.2, 0.25) is 0 Å². The maximum absolute atomic E-state index is 12.1. The van der Waals surface area contributed by atoms with Crippen LogP contribution in [0.15, 0.2) is 18.2 Å². The zero-order chi connectivity index (χ0) is 14.0. The monoisotopic (exact) mass is 274 g/mol. The Kier molecular flexibility index (Phi) is 3.78. The quantitative estimate of drug-likeness (QED) is 0.838. The number of alkyl halides is 3. The molecule has 1 aliphatic rings. The average Bonchev–Trinajstić information content (AvgIpc) is 2.28. The molecule has 2 rings (SSSR count). The maximum atomic E-state index is 12.1. The molecular weight excluding hydrogens is 257 g/mol. The lowest BCUT2D eigenvalue weighted by Crippen LogP contribution is -2.37. The van der Waals surface area contributed by atoms with E-state index in [0.29, 0.717) is 11.7 Å². The van der Waals surface area contributed by atoms with Crippen molar-refractivity contribution >= 4 is 11.4 Å². The second kappa shape index (κ2) is 5.19. The zero-order valence-electron chi connectivity index (χ0n) is 10.7. The minimum absolute atomic E-state index is 0.279. The summed E-state index contributed by atoms with van der Waals surface area (Å²) in [6, 6.07) is 4.48. The van der Waals surface area contributed by atoms with Crippen LogP contribution in [0.25, 0.3) is 0 Å². The van der Waals surface area contributed by atoms with E-state index in [9.17, 15) is 13.2 Å². The number of halogens is 3. The Labute approximate surface area is 110 Å². The number of benzene rings is 1. The Morgan fingerprint density at radius 3 is 2.63 bits per heavy atom. The summed E-state index contributed by atoms with van der Waals surface area (Å²) in [5.41, 5.74) is 6.94. The molecule has 1 saturated heterocycles. The summed E-state index contributed by atoms with van der Waals surface area (Å²) in [4.78, 5) is 2.14. The summed E-state index contributed by atoms with van der Waals surface area (Å²) in [5, 5.41) is 0. The van der Waals surface area contributed by atoms with Gasteiger partial charge in [-0.3, -0.25) is 0 Å². The van der Waals surface area contributed by atoms with Crippen LogP contribution in [0.2, 0.25) is 0 Å². The van der Waals surface area contributed by atoms with Crippen LogP contribution >= 0.6 is 0 Å². The van der Waals surface area contributed by atoms with Gasteiger partial charge in [-0.05, 0) is 38.3 Å². The first kappa shape index (κ1) is 13.8. The van der Waals surface area contributed by atoms with Gasteiger partial charge in [0, 0.05) is 18.7 Å². The molecule has 0 aromatic heterocycles. The molecule has 0 radical (unpaired) electrons. The smallest absolute Gasteiger partial charge is 0.406 e. The lowest BCUT2D eigenvalue weighted by atomic mass is 10.0. The van der Waals surface area contributed by atoms with E-state index in [4.69, 9.17) is 5.73 Å². The molecule has 0 amide bonds. The van der Waals surface area contributed by atoms with Crippen LogP contribution in [0.3, 0.4) is 0 Å². The molecule has 106 valence electrons. The number of anilines is 2. The van der Waals surface area contributed by atoms with Crippen LogP contribution in [0.1, 0.15) is 26.2 Å². The van der Waals surface area contributed by atoms with E-state index in [2.05, 4.69) is 16.6 Å². The van der Waals surface area contributed by atoms with E-state index >= 15 is 0 Å². The maximum Gasteiger partial charge on any atom is 0.573 e. The van der Waals surface area contributed by atoms with Crippen molar-refractivity contribution < 1.29 is 17.9 Å². The standard InChI is InChI=1S/C13H17F3N2O/c1-9-4-2-3-7-18(9)12-6-5-10(8-11(12)17)19-13(14,15)16/h5-6,8-9H,2-4,7,17H2,1H3. The number of nitrogen functional groups attached to an aromatic ring is 1. The zero-order valence-corrected chi connectivity index (χ0v) is 10.7. The lowest BCUT2D eigenvalue weighted by molar-refractivity contribution is -0.274. The molecule has 19 heavy (non-hydrogen) atoms. The van der Waals surface area contributed by atoms with Crippen LogP contribution in [0.5, 0.6) is 5.75 Å². The van der Waals surface area contributed by atoms with Gasteiger partial charge < -0.3 is 15.4 Å². The van der Waals surface area contributed by atoms with Crippen LogP contribution in [0.4, 0.5) is 24.5 Å². The number of rotatable bonds is 2. The topological polar surface area (TPSA) is 38.5 Å². The van der Waals surface area contributed by atoms with Gasteiger partial charge in [-0.25, -0.2) is 0 Å². The number of ether oxygens (including phenoxy) is 1. The van der Waals surface area contributed by atoms with Gasteiger partial charge in [0.15, 0.2) is 0 Å². The van der Waals surface area contributed by atoms with E-state index in [1.54, 1.807) is 6.07 Å². The van der Waals surface area contributed by atoms with Crippen molar-refractivity contribution in [2.45, 2.75) is 38.6 Å². The molecule has 3 nitrogen and oxygen atoms in total. The van der Waals surface area contributed by atoms with E-state index < -0.39 is 6.36 Å². The summed E-state index contributed by atoms with van der Waals surface area (Å²) in [7, 11) is 0. The van der Waals surface area contributed by atoms with Gasteiger partial charge in [0.05, 0.1) is 11.4 Å². The minimum Gasteiger partial charge on any atom is -0.406 e. The second-order valence-electron chi connectivity index (χ2n) is 4.81. The van der Waals surface area contributed by atoms with Crippen molar-refractivity contribution in [2.24, 2.45) is 0 Å². The molecule has 6 heteroatoms. The largest absolute Gasteiger partial charge is 0.573 e. The van der Waals surface area contributed by atoms with E-state index in [1.807, 2.05) is 0 Å². The predicted molar refractivity (Wildman–Crippen MR) is 68.2 cm³/mol. The Balaban J connectivity index is 2.19. The normalized spacial score (nSPS) is 20.4. The van der Waals surface area contributed by atoms with E-state index in [1.165, 1.54) is 18.6 Å². The number of piperidine rings is 1. The molecule has 1 aromatic rings. The van der Waals surface area contributed by atoms with Gasteiger partial charge in [-0.15, -0.1) is 13.2 Å². The molecule has 2 N–H and O–H groups in total. The number of hydrogen-bond donors (Lipinski definition) is 1. The molecule has 1 heterocycles. The third-order valence-electron chi connectivity index (χ3n) is 3.34. The molecule has 0 aliphatic carbocycles. The van der Waals surface area contributed by atoms with Crippen LogP contribution < -0.4 is 15.4 Å². The van der Waals surface area contributed by atoms with Crippen molar-refractivity contribution in [3.8, 4) is 5.75 Å². The second-order valence-corrected chi connectivity index (χ2v) is 4.81. The first-order valence-corrected chi connectivity index (χ1v) is 6.29. The lowest BCUT2D eigenvalue weighted by Gasteiger charge is -2.36. The van der Waals surface area contributed by atoms with E-state index in [-0.39, 0.29) is 5.75 Å². The highest BCUT2D eigenvalue weighted by atomic mass is 19.4. The summed E-state index contributed by atoms with van der Waals surface area (Å²) in [6.07, 6.45) is -1.37. The first-order chi connectivity index (χ1) is 8.87. The Morgan fingerprint density at radius 2 is 2.05 bits per heavy atom. The van der Waals surface area contributed by atoms with Crippen molar-refractivity contribution in [1.29, 1.82) is 0 Å². The Hall–Kier alpha value is -1.59. The summed E-state index contributed by atoms with van der Waals surface area (Å²) in [5.74, 6) is -0.279. The molecule has 1 atom stereocenters. The molecule has 1 fully saturated rings. The summed E-state index contributed by atoms with van der Waals surface area (Å²) < 4.78 is 40.2. The van der Waals surface area contributed by atoms with Crippen LogP contribution in [0, 0.1) is 0 Å². The first-order valence-electron chi connectivity index (χ1n) is 6.29. The predicted octanol–water partition coefficient (Wildman–Crippen LogP) is 3.55. The van der Waals surface area contributed by atoms with Gasteiger partial charge in [0.25, 0.3) is 0 Å². The van der Waals surface area contributed by atoms with Crippen LogP contribution in [-0.4, -0.2) is 18.9 Å². The highest BCUT2D eigenvalue weighted by molar-refractivity contribution is 5.70. The highest BCUT2D eigenvalue weighted by Crippen LogP contribution is 2.33. The summed E-state index contributed by atoms with van der Waals surface area (Å²) in [6.45, 7) is 2.98. The Morgan fingerprint density at radius 1 is 1.32 bits per heavy atom. The third-order valence-corrected chi connectivity index (χ3v) is 3.34. The van der Waals surface area contributed by atoms with E-state index in [0.717, 1.165) is 25.1 Å². The molecule has 0 saturated carbocycles. The SMILES string of the molecule is CC1CCCCN1c1ccc(OC(F)(F)F)cc1N. The van der Waals surface area contributed by atoms with Gasteiger partial charge in [-0.1, -0.05) is 0 Å². The number of hydrogen-bond acceptors (Lipinski definition) is 3. The third kappa shape index (κ3) is 3.45. The van der Waals surface area contributed by atoms with Crippen LogP contribution in [-0.2, 0) is 0 Å². The molecule has 0 bridgehead atoms. The minimum atomic E-state index is -4.69. The molecular formula is C13H17F3N2O. The Bertz CT molecular complexity index is 448. The molecule has 1 aromatic carbocycles. The number of nitrogens with two attached hydrogens (primary N) is 1. The highest BCUT2D eigenvalue weighted by Gasteiger charge is 2.31.